The van der Waals surface area contributed by atoms with Gasteiger partial charge in [-0.15, -0.1) is 0 Å². The number of hydrogen-bond donors (Lipinski definition) is 0. The highest BCUT2D eigenvalue weighted by molar-refractivity contribution is 7.18. The summed E-state index contributed by atoms with van der Waals surface area (Å²) in [6.45, 7) is 4.41. The molecule has 1 aliphatic heterocycles. The van der Waals surface area contributed by atoms with Crippen molar-refractivity contribution in [1.82, 2.24) is 4.98 Å². The molecule has 0 bridgehead atoms. The second-order valence-corrected chi connectivity index (χ2v) is 5.63. The molecule has 0 radical (unpaired) electrons. The van der Waals surface area contributed by atoms with Crippen LogP contribution in [0.5, 0.6) is 5.06 Å². The van der Waals surface area contributed by atoms with Crippen molar-refractivity contribution in [2.75, 3.05) is 31.2 Å². The number of benzene rings is 1. The summed E-state index contributed by atoms with van der Waals surface area (Å²) in [4.78, 5) is 18.1. The number of carbonyl (C=O) groups excluding carboxylic acids is 1. The number of anilines is 1. The molecule has 2 heterocycles. The first-order chi connectivity index (χ1) is 10.2. The first-order valence-electron chi connectivity index (χ1n) is 6.81. The van der Waals surface area contributed by atoms with Gasteiger partial charge in [-0.3, -0.25) is 4.79 Å². The molecule has 1 aliphatic rings. The normalized spacial score (nSPS) is 15.0. The van der Waals surface area contributed by atoms with Gasteiger partial charge in [-0.2, -0.15) is 0 Å². The summed E-state index contributed by atoms with van der Waals surface area (Å²) < 4.78 is 10.7. The van der Waals surface area contributed by atoms with Crippen LogP contribution in [0.25, 0.3) is 11.3 Å². The van der Waals surface area contributed by atoms with Crippen LogP contribution in [-0.2, 0) is 9.53 Å². The molecule has 1 fully saturated rings. The van der Waals surface area contributed by atoms with Gasteiger partial charge in [-0.1, -0.05) is 41.7 Å². The van der Waals surface area contributed by atoms with Gasteiger partial charge in [-0.05, 0) is 0 Å². The van der Waals surface area contributed by atoms with Gasteiger partial charge in [0, 0.05) is 25.6 Å². The first kappa shape index (κ1) is 14.0. The number of aromatic nitrogens is 1. The van der Waals surface area contributed by atoms with Crippen molar-refractivity contribution in [2.45, 2.75) is 6.92 Å². The number of nitrogens with zero attached hydrogens (tertiary/aromatic N) is 2. The zero-order chi connectivity index (χ0) is 14.7. The molecule has 0 aliphatic carbocycles. The number of carbonyl (C=O) groups is 1. The summed E-state index contributed by atoms with van der Waals surface area (Å²) in [5.41, 5.74) is 1.67. The Morgan fingerprint density at radius 3 is 2.67 bits per heavy atom. The Hall–Kier alpha value is -1.92. The van der Waals surface area contributed by atoms with Gasteiger partial charge < -0.3 is 14.4 Å². The minimum absolute atomic E-state index is 0.329. The molecule has 1 aromatic heterocycles. The summed E-state index contributed by atoms with van der Waals surface area (Å²) >= 11 is 1.41. The largest absolute Gasteiger partial charge is 0.413 e. The maximum absolute atomic E-state index is 11.3. The molecular weight excluding hydrogens is 288 g/mol. The molecule has 0 spiro atoms. The van der Waals surface area contributed by atoms with Gasteiger partial charge >= 0.3 is 5.97 Å². The summed E-state index contributed by atoms with van der Waals surface area (Å²) in [5, 5.41) is 1.42. The Labute approximate surface area is 127 Å². The van der Waals surface area contributed by atoms with Crippen LogP contribution < -0.4 is 9.64 Å². The van der Waals surface area contributed by atoms with Crippen molar-refractivity contribution in [3.05, 3.63) is 30.3 Å². The van der Waals surface area contributed by atoms with Crippen LogP contribution in [0.15, 0.2) is 30.3 Å². The van der Waals surface area contributed by atoms with Crippen LogP contribution in [0.4, 0.5) is 5.13 Å². The van der Waals surface area contributed by atoms with E-state index in [-0.39, 0.29) is 5.97 Å². The van der Waals surface area contributed by atoms with Crippen molar-refractivity contribution in [3.63, 3.8) is 0 Å². The van der Waals surface area contributed by atoms with Crippen LogP contribution in [0.3, 0.4) is 0 Å². The van der Waals surface area contributed by atoms with Gasteiger partial charge in [-0.25, -0.2) is 4.98 Å². The van der Waals surface area contributed by atoms with Crippen molar-refractivity contribution in [1.29, 1.82) is 0 Å². The minimum Gasteiger partial charge on any atom is -0.413 e. The summed E-state index contributed by atoms with van der Waals surface area (Å²) in [7, 11) is 0. The molecule has 21 heavy (non-hydrogen) atoms. The van der Waals surface area contributed by atoms with Gasteiger partial charge in [0.2, 0.25) is 5.06 Å². The fourth-order valence-electron chi connectivity index (χ4n) is 2.16. The van der Waals surface area contributed by atoms with Crippen LogP contribution >= 0.6 is 11.3 Å². The third-order valence-electron chi connectivity index (χ3n) is 3.15. The predicted molar refractivity (Wildman–Crippen MR) is 81.9 cm³/mol. The second-order valence-electron chi connectivity index (χ2n) is 4.69. The standard InChI is InChI=1S/C15H16N2O3S/c1-11(18)20-14-13(12-5-3-2-4-6-12)16-15(21-14)17-7-9-19-10-8-17/h2-6H,7-10H2,1H3. The monoisotopic (exact) mass is 304 g/mol. The molecule has 0 amide bonds. The quantitative estimate of drug-likeness (QED) is 0.816. The van der Waals surface area contributed by atoms with Gasteiger partial charge in [0.05, 0.1) is 13.2 Å². The molecule has 5 nitrogen and oxygen atoms in total. The predicted octanol–water partition coefficient (Wildman–Crippen LogP) is 2.57. The fraction of sp³-hybridized carbons (Fsp3) is 0.333. The number of ether oxygens (including phenoxy) is 2. The van der Waals surface area contributed by atoms with Crippen molar-refractivity contribution < 1.29 is 14.3 Å². The maximum Gasteiger partial charge on any atom is 0.308 e. The zero-order valence-electron chi connectivity index (χ0n) is 11.7. The smallest absolute Gasteiger partial charge is 0.308 e. The fourth-order valence-corrected chi connectivity index (χ4v) is 3.20. The lowest BCUT2D eigenvalue weighted by Crippen LogP contribution is -2.36. The number of esters is 1. The Morgan fingerprint density at radius 1 is 1.29 bits per heavy atom. The van der Waals surface area contributed by atoms with E-state index in [4.69, 9.17) is 9.47 Å². The van der Waals surface area contributed by atoms with E-state index in [1.807, 2.05) is 30.3 Å². The molecule has 6 heteroatoms. The Balaban J connectivity index is 1.96. The number of rotatable bonds is 3. The lowest BCUT2D eigenvalue weighted by Gasteiger charge is -2.25. The van der Waals surface area contributed by atoms with Gasteiger partial charge in [0.1, 0.15) is 5.69 Å². The van der Waals surface area contributed by atoms with Gasteiger partial charge in [0.15, 0.2) is 5.13 Å². The summed E-state index contributed by atoms with van der Waals surface area (Å²) in [6.07, 6.45) is 0. The molecule has 110 valence electrons. The summed E-state index contributed by atoms with van der Waals surface area (Å²) in [6, 6.07) is 9.77. The van der Waals surface area contributed by atoms with Crippen molar-refractivity contribution in [2.24, 2.45) is 0 Å². The van der Waals surface area contributed by atoms with E-state index in [9.17, 15) is 4.79 Å². The highest BCUT2D eigenvalue weighted by Gasteiger charge is 2.21. The average Bonchev–Trinajstić information content (AvgIpc) is 2.92. The molecular formula is C15H16N2O3S. The molecule has 1 saturated heterocycles. The molecule has 1 aromatic carbocycles. The number of thiazole rings is 1. The molecule has 3 rings (SSSR count). The van der Waals surface area contributed by atoms with E-state index < -0.39 is 0 Å². The lowest BCUT2D eigenvalue weighted by atomic mass is 10.2. The number of morpholine rings is 1. The minimum atomic E-state index is -0.329. The van der Waals surface area contributed by atoms with E-state index >= 15 is 0 Å². The van der Waals surface area contributed by atoms with E-state index in [2.05, 4.69) is 9.88 Å². The molecule has 0 saturated carbocycles. The molecule has 0 N–H and O–H groups in total. The van der Waals surface area contributed by atoms with Crippen LogP contribution in [0.1, 0.15) is 6.92 Å². The average molecular weight is 304 g/mol. The van der Waals surface area contributed by atoms with Crippen molar-refractivity contribution in [3.8, 4) is 16.3 Å². The van der Waals surface area contributed by atoms with Crippen LogP contribution in [0.2, 0.25) is 0 Å². The second kappa shape index (κ2) is 6.24. The third-order valence-corrected chi connectivity index (χ3v) is 4.14. The third kappa shape index (κ3) is 3.22. The molecule has 0 unspecified atom stereocenters. The molecule has 0 atom stereocenters. The number of hydrogen-bond acceptors (Lipinski definition) is 6. The maximum atomic E-state index is 11.3. The SMILES string of the molecule is CC(=O)Oc1sc(N2CCOCC2)nc1-c1ccccc1. The highest BCUT2D eigenvalue weighted by Crippen LogP contribution is 2.39. The Kier molecular flexibility index (Phi) is 4.17. The Morgan fingerprint density at radius 2 is 2.00 bits per heavy atom. The van der Waals surface area contributed by atoms with E-state index in [0.717, 1.165) is 29.5 Å². The molecule has 2 aromatic rings. The van der Waals surface area contributed by atoms with Crippen molar-refractivity contribution >= 4 is 22.4 Å². The zero-order valence-corrected chi connectivity index (χ0v) is 12.6. The highest BCUT2D eigenvalue weighted by atomic mass is 32.1. The van der Waals surface area contributed by atoms with Crippen LogP contribution in [-0.4, -0.2) is 37.3 Å². The van der Waals surface area contributed by atoms with E-state index in [0.29, 0.717) is 18.3 Å². The van der Waals surface area contributed by atoms with Crippen LogP contribution in [0, 0.1) is 0 Å². The van der Waals surface area contributed by atoms with E-state index in [1.165, 1.54) is 18.3 Å². The van der Waals surface area contributed by atoms with Gasteiger partial charge in [0.25, 0.3) is 0 Å². The topological polar surface area (TPSA) is 51.7 Å². The lowest BCUT2D eigenvalue weighted by molar-refractivity contribution is -0.131. The van der Waals surface area contributed by atoms with E-state index in [1.54, 1.807) is 0 Å². The summed E-state index contributed by atoms with van der Waals surface area (Å²) in [5.74, 6) is -0.329. The first-order valence-corrected chi connectivity index (χ1v) is 7.63. The Bertz CT molecular complexity index is 621.